The minimum Gasteiger partial charge on any atom is -0.336 e. The second-order valence-corrected chi connectivity index (χ2v) is 8.77. The molecule has 0 bridgehead atoms. The number of nitrogens with one attached hydrogen (secondary N) is 1. The summed E-state index contributed by atoms with van der Waals surface area (Å²) in [5.74, 6) is 0.883. The Labute approximate surface area is 165 Å². The number of benzene rings is 1. The first-order valence-electron chi connectivity index (χ1n) is 8.47. The summed E-state index contributed by atoms with van der Waals surface area (Å²) in [6, 6.07) is 13.8. The van der Waals surface area contributed by atoms with Crippen molar-refractivity contribution in [3.8, 4) is 10.6 Å². The number of rotatable bonds is 3. The minimum absolute atomic E-state index is 0.00975. The van der Waals surface area contributed by atoms with Gasteiger partial charge in [-0.1, -0.05) is 35.9 Å². The van der Waals surface area contributed by atoms with Gasteiger partial charge in [0.05, 0.1) is 10.6 Å². The molecule has 1 aliphatic rings. The Balaban J connectivity index is 1.46. The zero-order valence-corrected chi connectivity index (χ0v) is 16.4. The van der Waals surface area contributed by atoms with E-state index >= 15 is 0 Å². The maximum Gasteiger partial charge on any atom is 0.274 e. The minimum atomic E-state index is -0.00975. The molecule has 26 heavy (non-hydrogen) atoms. The highest BCUT2D eigenvalue weighted by atomic mass is 35.5. The number of carbonyl (C=O) groups is 1. The summed E-state index contributed by atoms with van der Waals surface area (Å²) in [5.41, 5.74) is 2.53. The lowest BCUT2D eigenvalue weighted by Gasteiger charge is -2.19. The lowest BCUT2D eigenvalue weighted by molar-refractivity contribution is 0.0760. The van der Waals surface area contributed by atoms with Gasteiger partial charge in [-0.25, -0.2) is 0 Å². The van der Waals surface area contributed by atoms with Gasteiger partial charge in [0.1, 0.15) is 0 Å². The number of aromatic amines is 1. The maximum atomic E-state index is 12.9. The number of halogens is 1. The van der Waals surface area contributed by atoms with E-state index in [1.807, 2.05) is 58.4 Å². The van der Waals surface area contributed by atoms with Gasteiger partial charge in [-0.05, 0) is 35.6 Å². The van der Waals surface area contributed by atoms with Crippen molar-refractivity contribution in [3.05, 3.63) is 64.1 Å². The van der Waals surface area contributed by atoms with E-state index in [2.05, 4.69) is 16.3 Å². The van der Waals surface area contributed by atoms with Gasteiger partial charge in [0.2, 0.25) is 0 Å². The van der Waals surface area contributed by atoms with Gasteiger partial charge in [0.15, 0.2) is 5.69 Å². The highest BCUT2D eigenvalue weighted by Gasteiger charge is 2.25. The molecule has 3 aromatic rings. The van der Waals surface area contributed by atoms with E-state index in [1.54, 1.807) is 11.3 Å². The van der Waals surface area contributed by atoms with Crippen LogP contribution >= 0.6 is 34.7 Å². The van der Waals surface area contributed by atoms with Crippen molar-refractivity contribution in [1.29, 1.82) is 0 Å². The molecule has 0 radical (unpaired) electrons. The van der Waals surface area contributed by atoms with Gasteiger partial charge in [0.25, 0.3) is 5.91 Å². The number of amides is 1. The van der Waals surface area contributed by atoms with Gasteiger partial charge < -0.3 is 4.90 Å². The van der Waals surface area contributed by atoms with Gasteiger partial charge in [-0.3, -0.25) is 9.89 Å². The predicted octanol–water partition coefficient (Wildman–Crippen LogP) is 5.11. The molecule has 0 aliphatic carbocycles. The number of thiophene rings is 1. The van der Waals surface area contributed by atoms with Gasteiger partial charge in [0, 0.05) is 29.1 Å². The standard InChI is InChI=1S/C19H18ClN3OS2/c20-14-5-2-1-4-13(14)17-7-8-23(9-11-26-17)19(24)16-12-15(21-22-16)18-6-3-10-25-18/h1-6,10,12,17H,7-9,11H2,(H,21,22)/t17-/m1/s1. The number of thioether (sulfide) groups is 1. The van der Waals surface area contributed by atoms with Crippen LogP contribution in [0.15, 0.2) is 47.8 Å². The van der Waals surface area contributed by atoms with E-state index in [4.69, 9.17) is 11.6 Å². The Hall–Kier alpha value is -1.76. The molecule has 0 spiro atoms. The Morgan fingerprint density at radius 3 is 2.92 bits per heavy atom. The normalized spacial score (nSPS) is 17.9. The quantitative estimate of drug-likeness (QED) is 0.660. The average Bonchev–Trinajstić information content (AvgIpc) is 3.29. The first-order chi connectivity index (χ1) is 12.7. The Morgan fingerprint density at radius 2 is 2.12 bits per heavy atom. The molecule has 1 saturated heterocycles. The maximum absolute atomic E-state index is 12.9. The fourth-order valence-electron chi connectivity index (χ4n) is 3.11. The molecule has 0 unspecified atom stereocenters. The number of carbonyl (C=O) groups excluding carboxylic acids is 1. The molecule has 134 valence electrons. The molecule has 4 nitrogen and oxygen atoms in total. The fraction of sp³-hybridized carbons (Fsp3) is 0.263. The van der Waals surface area contributed by atoms with E-state index in [0.29, 0.717) is 17.5 Å². The zero-order chi connectivity index (χ0) is 17.9. The monoisotopic (exact) mass is 403 g/mol. The van der Waals surface area contributed by atoms with Crippen molar-refractivity contribution >= 4 is 40.6 Å². The highest BCUT2D eigenvalue weighted by Crippen LogP contribution is 2.38. The molecule has 1 amide bonds. The summed E-state index contributed by atoms with van der Waals surface area (Å²) >= 11 is 9.84. The third-order valence-corrected chi connectivity index (χ3v) is 7.02. The Bertz CT molecular complexity index is 894. The number of hydrogen-bond acceptors (Lipinski definition) is 4. The average molecular weight is 404 g/mol. The molecule has 4 rings (SSSR count). The van der Waals surface area contributed by atoms with Crippen molar-refractivity contribution in [2.24, 2.45) is 0 Å². The van der Waals surface area contributed by atoms with E-state index in [1.165, 1.54) is 0 Å². The van der Waals surface area contributed by atoms with Crippen molar-refractivity contribution in [1.82, 2.24) is 15.1 Å². The zero-order valence-electron chi connectivity index (χ0n) is 14.0. The van der Waals surface area contributed by atoms with E-state index < -0.39 is 0 Å². The number of hydrogen-bond donors (Lipinski definition) is 1. The van der Waals surface area contributed by atoms with Crippen molar-refractivity contribution in [2.45, 2.75) is 11.7 Å². The van der Waals surface area contributed by atoms with Gasteiger partial charge >= 0.3 is 0 Å². The molecule has 1 aliphatic heterocycles. The largest absolute Gasteiger partial charge is 0.336 e. The van der Waals surface area contributed by atoms with Crippen LogP contribution in [0.5, 0.6) is 0 Å². The van der Waals surface area contributed by atoms with Crippen LogP contribution in [0.2, 0.25) is 5.02 Å². The smallest absolute Gasteiger partial charge is 0.274 e. The first-order valence-corrected chi connectivity index (χ1v) is 10.8. The Kier molecular flexibility index (Phi) is 5.33. The van der Waals surface area contributed by atoms with Gasteiger partial charge in [-0.15, -0.1) is 11.3 Å². The summed E-state index contributed by atoms with van der Waals surface area (Å²) in [6.45, 7) is 1.44. The van der Waals surface area contributed by atoms with E-state index in [9.17, 15) is 4.79 Å². The van der Waals surface area contributed by atoms with Crippen LogP contribution in [-0.4, -0.2) is 39.8 Å². The molecular formula is C19H18ClN3OS2. The molecule has 1 atom stereocenters. The summed E-state index contributed by atoms with van der Waals surface area (Å²) < 4.78 is 0. The van der Waals surface area contributed by atoms with Crippen LogP contribution in [-0.2, 0) is 0 Å². The van der Waals surface area contributed by atoms with E-state index in [0.717, 1.165) is 39.9 Å². The molecule has 0 saturated carbocycles. The van der Waals surface area contributed by atoms with Crippen molar-refractivity contribution < 1.29 is 4.79 Å². The second-order valence-electron chi connectivity index (χ2n) is 6.11. The van der Waals surface area contributed by atoms with Crippen LogP contribution in [0, 0.1) is 0 Å². The lowest BCUT2D eigenvalue weighted by Crippen LogP contribution is -2.33. The molecule has 2 aromatic heterocycles. The second kappa shape index (κ2) is 7.86. The van der Waals surface area contributed by atoms with Crippen molar-refractivity contribution in [3.63, 3.8) is 0 Å². The van der Waals surface area contributed by atoms with Gasteiger partial charge in [-0.2, -0.15) is 16.9 Å². The molecular weight excluding hydrogens is 386 g/mol. The third kappa shape index (κ3) is 3.68. The summed E-state index contributed by atoms with van der Waals surface area (Å²) in [4.78, 5) is 15.8. The van der Waals surface area contributed by atoms with Crippen LogP contribution in [0.1, 0.15) is 27.7 Å². The summed E-state index contributed by atoms with van der Waals surface area (Å²) in [5, 5.41) is 10.3. The predicted molar refractivity (Wildman–Crippen MR) is 109 cm³/mol. The topological polar surface area (TPSA) is 49.0 Å². The SMILES string of the molecule is O=C(c1cc(-c2cccs2)[nH]n1)N1CCS[C@@H](c2ccccc2Cl)CC1. The number of aromatic nitrogens is 2. The summed E-state index contributed by atoms with van der Waals surface area (Å²) in [6.07, 6.45) is 0.891. The molecule has 1 N–H and O–H groups in total. The summed E-state index contributed by atoms with van der Waals surface area (Å²) in [7, 11) is 0. The Morgan fingerprint density at radius 1 is 1.23 bits per heavy atom. The number of H-pyrrole nitrogens is 1. The van der Waals surface area contributed by atoms with Crippen LogP contribution in [0.4, 0.5) is 0 Å². The number of nitrogens with zero attached hydrogens (tertiary/aromatic N) is 2. The first kappa shape index (κ1) is 17.6. The van der Waals surface area contributed by atoms with Crippen LogP contribution in [0.25, 0.3) is 10.6 Å². The highest BCUT2D eigenvalue weighted by molar-refractivity contribution is 7.99. The third-order valence-electron chi connectivity index (χ3n) is 4.46. The molecule has 1 aromatic carbocycles. The van der Waals surface area contributed by atoms with E-state index in [-0.39, 0.29) is 5.91 Å². The van der Waals surface area contributed by atoms with Crippen LogP contribution < -0.4 is 0 Å². The molecule has 7 heteroatoms. The molecule has 1 fully saturated rings. The molecule has 3 heterocycles. The van der Waals surface area contributed by atoms with Crippen LogP contribution in [0.3, 0.4) is 0 Å². The fourth-order valence-corrected chi connectivity index (χ4v) is 5.40. The lowest BCUT2D eigenvalue weighted by atomic mass is 10.1. The van der Waals surface area contributed by atoms with Crippen molar-refractivity contribution in [2.75, 3.05) is 18.8 Å².